The number of anilines is 1. The van der Waals surface area contributed by atoms with Crippen LogP contribution in [0.1, 0.15) is 5.56 Å². The molecule has 0 radical (unpaired) electrons. The Morgan fingerprint density at radius 3 is 2.72 bits per heavy atom. The highest BCUT2D eigenvalue weighted by atomic mass is 19.1. The molecule has 0 aliphatic rings. The summed E-state index contributed by atoms with van der Waals surface area (Å²) in [5, 5.41) is 10.4. The first-order chi connectivity index (χ1) is 21.0. The lowest BCUT2D eigenvalue weighted by Crippen LogP contribution is -2.14. The van der Waals surface area contributed by atoms with Gasteiger partial charge < -0.3 is 15.0 Å². The minimum Gasteiger partial charge on any atom is -0.497 e. The number of fused-ring (bicyclic) bond motifs is 2. The Hall–Kier alpha value is -5.97. The maximum Gasteiger partial charge on any atom is 0.228 e. The second-order valence-electron chi connectivity index (χ2n) is 9.86. The number of hydrogen-bond acceptors (Lipinski definition) is 7. The van der Waals surface area contributed by atoms with Crippen molar-refractivity contribution >= 4 is 33.8 Å². The van der Waals surface area contributed by atoms with Crippen LogP contribution < -0.4 is 10.1 Å². The summed E-state index contributed by atoms with van der Waals surface area (Å²) in [5.74, 6) is 0.307. The normalized spacial score (nSPS) is 11.2. The minimum absolute atomic E-state index is 0.139. The van der Waals surface area contributed by atoms with Crippen LogP contribution in [0.5, 0.6) is 5.75 Å². The van der Waals surface area contributed by atoms with Crippen molar-refractivity contribution in [1.82, 2.24) is 35.1 Å². The summed E-state index contributed by atoms with van der Waals surface area (Å²) in [4.78, 5) is 34.1. The maximum atomic E-state index is 14.3. The van der Waals surface area contributed by atoms with Crippen LogP contribution in [0.2, 0.25) is 0 Å². The molecule has 0 atom stereocenters. The van der Waals surface area contributed by atoms with Crippen LogP contribution >= 0.6 is 0 Å². The lowest BCUT2D eigenvalue weighted by atomic mass is 10.1. The number of aromatic amines is 2. The first-order valence-electron chi connectivity index (χ1n) is 13.4. The van der Waals surface area contributed by atoms with E-state index in [2.05, 4.69) is 35.5 Å². The molecule has 43 heavy (non-hydrogen) atoms. The molecule has 7 aromatic rings. The minimum atomic E-state index is -0.414. The van der Waals surface area contributed by atoms with Crippen molar-refractivity contribution in [3.63, 3.8) is 0 Å². The average molecular weight is 571 g/mol. The SMILES string of the molecule is COc1cc(F)cc(-c2ccnc3nc(-c4n[nH]c5ccc(-c6cncc(NC(=O)Cc7ccccc7)c6)nc45)[nH]c23)c1. The molecule has 5 heterocycles. The van der Waals surface area contributed by atoms with Crippen molar-refractivity contribution in [1.29, 1.82) is 0 Å². The number of methoxy groups -OCH3 is 1. The lowest BCUT2D eigenvalue weighted by molar-refractivity contribution is -0.115. The van der Waals surface area contributed by atoms with Crippen LogP contribution in [0, 0.1) is 5.82 Å². The second kappa shape index (κ2) is 10.8. The second-order valence-corrected chi connectivity index (χ2v) is 9.86. The molecule has 0 fully saturated rings. The summed E-state index contributed by atoms with van der Waals surface area (Å²) in [6, 6.07) is 21.4. The fourth-order valence-corrected chi connectivity index (χ4v) is 4.96. The molecule has 0 unspecified atom stereocenters. The first kappa shape index (κ1) is 26.0. The van der Waals surface area contributed by atoms with Crippen molar-refractivity contribution in [2.24, 2.45) is 0 Å². The number of aromatic nitrogens is 7. The summed E-state index contributed by atoms with van der Waals surface area (Å²) in [5.41, 5.74) is 7.06. The van der Waals surface area contributed by atoms with E-state index in [1.165, 1.54) is 19.2 Å². The summed E-state index contributed by atoms with van der Waals surface area (Å²) in [6.45, 7) is 0. The Kier molecular flexibility index (Phi) is 6.51. The topological polar surface area (TPSA) is 134 Å². The quantitative estimate of drug-likeness (QED) is 0.215. The number of rotatable bonds is 7. The third-order valence-corrected chi connectivity index (χ3v) is 6.97. The number of pyridine rings is 3. The van der Waals surface area contributed by atoms with Gasteiger partial charge in [0.1, 0.15) is 17.1 Å². The van der Waals surface area contributed by atoms with Gasteiger partial charge in [0.05, 0.1) is 42.1 Å². The van der Waals surface area contributed by atoms with Crippen LogP contribution in [-0.4, -0.2) is 48.1 Å². The van der Waals surface area contributed by atoms with Gasteiger partial charge in [0.15, 0.2) is 17.2 Å². The zero-order valence-electron chi connectivity index (χ0n) is 22.8. The number of ether oxygens (including phenoxy) is 1. The van der Waals surface area contributed by atoms with E-state index in [0.29, 0.717) is 62.0 Å². The molecule has 7 rings (SSSR count). The molecule has 0 spiro atoms. The number of imidazole rings is 1. The van der Waals surface area contributed by atoms with E-state index in [9.17, 15) is 9.18 Å². The standard InChI is InChI=1S/C32H23FN8O2/c1-43-23-14-19(12-21(33)15-23)24-9-10-35-31-28(24)38-32(39-31)30-29-26(40-41-30)8-7-25(37-29)20-13-22(17-34-16-20)36-27(42)11-18-5-3-2-4-6-18/h2-10,12-17H,11H2,1H3,(H,36,42)(H,40,41)(H,35,38,39). The molecule has 3 N–H and O–H groups in total. The molecule has 0 bridgehead atoms. The highest BCUT2D eigenvalue weighted by molar-refractivity contribution is 5.95. The van der Waals surface area contributed by atoms with Crippen molar-refractivity contribution in [2.45, 2.75) is 6.42 Å². The highest BCUT2D eigenvalue weighted by Gasteiger charge is 2.18. The van der Waals surface area contributed by atoms with Crippen molar-refractivity contribution in [3.8, 4) is 39.7 Å². The predicted octanol–water partition coefficient (Wildman–Crippen LogP) is 5.95. The van der Waals surface area contributed by atoms with E-state index in [4.69, 9.17) is 9.72 Å². The largest absolute Gasteiger partial charge is 0.497 e. The summed E-state index contributed by atoms with van der Waals surface area (Å²) in [7, 11) is 1.49. The summed E-state index contributed by atoms with van der Waals surface area (Å²) >= 11 is 0. The molecule has 210 valence electrons. The van der Waals surface area contributed by atoms with E-state index in [1.807, 2.05) is 48.5 Å². The van der Waals surface area contributed by atoms with Crippen LogP contribution in [-0.2, 0) is 11.2 Å². The first-order valence-corrected chi connectivity index (χ1v) is 13.4. The maximum absolute atomic E-state index is 14.3. The molecule has 11 heteroatoms. The van der Waals surface area contributed by atoms with Gasteiger partial charge in [-0.05, 0) is 47.5 Å². The number of H-pyrrole nitrogens is 2. The van der Waals surface area contributed by atoms with Crippen LogP contribution in [0.15, 0.2) is 91.4 Å². The number of benzene rings is 2. The zero-order chi connectivity index (χ0) is 29.3. The molecular formula is C32H23FN8O2. The number of carbonyl (C=O) groups excluding carboxylic acids is 1. The Balaban J connectivity index is 1.22. The summed E-state index contributed by atoms with van der Waals surface area (Å²) in [6.07, 6.45) is 5.17. The monoisotopic (exact) mass is 570 g/mol. The molecule has 10 nitrogen and oxygen atoms in total. The van der Waals surface area contributed by atoms with Crippen molar-refractivity contribution in [3.05, 3.63) is 103 Å². The molecule has 0 aliphatic carbocycles. The Labute approximate surface area is 244 Å². The van der Waals surface area contributed by atoms with Gasteiger partial charge in [-0.1, -0.05) is 30.3 Å². The Morgan fingerprint density at radius 1 is 0.977 bits per heavy atom. The molecule has 2 aromatic carbocycles. The smallest absolute Gasteiger partial charge is 0.228 e. The van der Waals surface area contributed by atoms with Gasteiger partial charge in [0, 0.05) is 29.6 Å². The van der Waals surface area contributed by atoms with E-state index >= 15 is 0 Å². The van der Waals surface area contributed by atoms with Crippen molar-refractivity contribution in [2.75, 3.05) is 12.4 Å². The average Bonchev–Trinajstić information content (AvgIpc) is 3.65. The van der Waals surface area contributed by atoms with E-state index in [0.717, 1.165) is 11.1 Å². The number of hydrogen-bond donors (Lipinski definition) is 3. The zero-order valence-corrected chi connectivity index (χ0v) is 22.8. The van der Waals surface area contributed by atoms with Crippen LogP contribution in [0.4, 0.5) is 10.1 Å². The summed E-state index contributed by atoms with van der Waals surface area (Å²) < 4.78 is 19.5. The number of halogens is 1. The molecule has 5 aromatic heterocycles. The van der Waals surface area contributed by atoms with Gasteiger partial charge in [-0.3, -0.25) is 14.9 Å². The van der Waals surface area contributed by atoms with Crippen LogP contribution in [0.25, 0.3) is 56.1 Å². The van der Waals surface area contributed by atoms with Gasteiger partial charge >= 0.3 is 0 Å². The number of nitrogens with one attached hydrogen (secondary N) is 3. The number of nitrogens with zero attached hydrogens (tertiary/aromatic N) is 5. The van der Waals surface area contributed by atoms with E-state index < -0.39 is 5.82 Å². The Morgan fingerprint density at radius 2 is 1.86 bits per heavy atom. The third-order valence-electron chi connectivity index (χ3n) is 6.97. The molecular weight excluding hydrogens is 547 g/mol. The fraction of sp³-hybridized carbons (Fsp3) is 0.0625. The van der Waals surface area contributed by atoms with Gasteiger partial charge in [-0.2, -0.15) is 5.10 Å². The third kappa shape index (κ3) is 5.15. The lowest BCUT2D eigenvalue weighted by Gasteiger charge is -2.07. The predicted molar refractivity (Wildman–Crippen MR) is 161 cm³/mol. The Bertz CT molecular complexity index is 2120. The van der Waals surface area contributed by atoms with E-state index in [-0.39, 0.29) is 12.3 Å². The van der Waals surface area contributed by atoms with Gasteiger partial charge in [-0.15, -0.1) is 0 Å². The van der Waals surface area contributed by atoms with Crippen LogP contribution in [0.3, 0.4) is 0 Å². The molecule has 0 saturated carbocycles. The van der Waals surface area contributed by atoms with E-state index in [1.54, 1.807) is 30.7 Å². The van der Waals surface area contributed by atoms with Gasteiger partial charge in [0.25, 0.3) is 0 Å². The fourth-order valence-electron chi connectivity index (χ4n) is 4.96. The molecule has 0 aliphatic heterocycles. The van der Waals surface area contributed by atoms with Gasteiger partial charge in [-0.25, -0.2) is 19.3 Å². The number of carbonyl (C=O) groups is 1. The van der Waals surface area contributed by atoms with Gasteiger partial charge in [0.2, 0.25) is 5.91 Å². The molecule has 0 saturated heterocycles. The van der Waals surface area contributed by atoms with Crippen molar-refractivity contribution < 1.29 is 13.9 Å². The number of amides is 1. The highest BCUT2D eigenvalue weighted by Crippen LogP contribution is 2.33. The molecule has 1 amide bonds.